The Hall–Kier alpha value is -1.08. The number of Topliss-reactive ketones (excluding diaryl/α,β-unsaturated/α-hetero) is 1. The average molecular weight is 265 g/mol. The summed E-state index contributed by atoms with van der Waals surface area (Å²) in [6.45, 7) is 4.09. The van der Waals surface area contributed by atoms with Gasteiger partial charge in [0, 0.05) is 10.6 Å². The first-order chi connectivity index (χ1) is 8.65. The lowest BCUT2D eigenvalue weighted by atomic mass is 10.0. The number of hydrogen-bond acceptors (Lipinski definition) is 1. The Morgan fingerprint density at radius 1 is 1.17 bits per heavy atom. The molecular weight excluding hydrogens is 244 g/mol. The van der Waals surface area contributed by atoms with E-state index in [9.17, 15) is 4.79 Å². The van der Waals surface area contributed by atoms with Crippen LogP contribution in [0.15, 0.2) is 35.9 Å². The molecule has 0 N–H and O–H groups in total. The molecule has 0 bridgehead atoms. The van der Waals surface area contributed by atoms with Crippen LogP contribution in [0.5, 0.6) is 0 Å². The first-order valence-corrected chi connectivity index (χ1v) is 7.00. The molecule has 0 aliphatic rings. The molecule has 0 fully saturated rings. The molecule has 98 valence electrons. The van der Waals surface area contributed by atoms with Gasteiger partial charge in [-0.25, -0.2) is 0 Å². The number of carbonyl (C=O) groups is 1. The van der Waals surface area contributed by atoms with E-state index >= 15 is 0 Å². The summed E-state index contributed by atoms with van der Waals surface area (Å²) in [5.74, 6) is 0.0992. The van der Waals surface area contributed by atoms with E-state index in [-0.39, 0.29) is 5.78 Å². The van der Waals surface area contributed by atoms with Crippen LogP contribution in [0.4, 0.5) is 0 Å². The molecule has 0 radical (unpaired) electrons. The van der Waals surface area contributed by atoms with Gasteiger partial charge in [-0.2, -0.15) is 0 Å². The third-order valence-electron chi connectivity index (χ3n) is 2.97. The van der Waals surface area contributed by atoms with Gasteiger partial charge in [0.2, 0.25) is 0 Å². The van der Waals surface area contributed by atoms with Crippen LogP contribution in [0, 0.1) is 0 Å². The molecule has 0 aliphatic heterocycles. The van der Waals surface area contributed by atoms with Crippen molar-refractivity contribution in [2.24, 2.45) is 0 Å². The Kier molecular flexibility index (Phi) is 6.74. The van der Waals surface area contributed by atoms with Crippen LogP contribution in [-0.4, -0.2) is 5.78 Å². The number of allylic oxidation sites excluding steroid dienone is 2. The van der Waals surface area contributed by atoms with Gasteiger partial charge >= 0.3 is 0 Å². The topological polar surface area (TPSA) is 17.1 Å². The van der Waals surface area contributed by atoms with Gasteiger partial charge in [0.25, 0.3) is 0 Å². The van der Waals surface area contributed by atoms with Crippen LogP contribution in [0.25, 0.3) is 0 Å². The first-order valence-electron chi connectivity index (χ1n) is 6.62. The van der Waals surface area contributed by atoms with Gasteiger partial charge in [-0.3, -0.25) is 4.79 Å². The second-order valence-electron chi connectivity index (χ2n) is 4.57. The number of hydrogen-bond donors (Lipinski definition) is 0. The monoisotopic (exact) mass is 264 g/mol. The molecule has 1 aromatic carbocycles. The van der Waals surface area contributed by atoms with Crippen molar-refractivity contribution < 1.29 is 4.79 Å². The molecular formula is C16H21ClO. The van der Waals surface area contributed by atoms with E-state index < -0.39 is 0 Å². The number of rotatable bonds is 7. The standard InChI is InChI=1S/C16H21ClO/c1-3-4-5-6-7-8-13(2)16(18)14-9-11-15(17)12-10-14/h8-12H,3-7H2,1-2H3/b13-8-. The number of benzene rings is 1. The zero-order valence-electron chi connectivity index (χ0n) is 11.2. The Morgan fingerprint density at radius 3 is 2.44 bits per heavy atom. The third kappa shape index (κ3) is 5.05. The normalized spacial score (nSPS) is 11.6. The zero-order valence-corrected chi connectivity index (χ0v) is 12.0. The van der Waals surface area contributed by atoms with E-state index in [0.717, 1.165) is 12.0 Å². The maximum Gasteiger partial charge on any atom is 0.188 e. The summed E-state index contributed by atoms with van der Waals surface area (Å²) < 4.78 is 0. The van der Waals surface area contributed by atoms with Crippen LogP contribution in [-0.2, 0) is 0 Å². The predicted molar refractivity (Wildman–Crippen MR) is 78.3 cm³/mol. The molecule has 18 heavy (non-hydrogen) atoms. The summed E-state index contributed by atoms with van der Waals surface area (Å²) in [7, 11) is 0. The van der Waals surface area contributed by atoms with Gasteiger partial charge in [0.05, 0.1) is 0 Å². The van der Waals surface area contributed by atoms with Crippen molar-refractivity contribution in [3.63, 3.8) is 0 Å². The van der Waals surface area contributed by atoms with Crippen LogP contribution in [0.1, 0.15) is 56.3 Å². The summed E-state index contributed by atoms with van der Waals surface area (Å²) in [6, 6.07) is 7.06. The minimum absolute atomic E-state index is 0.0992. The molecule has 2 heteroatoms. The van der Waals surface area contributed by atoms with Crippen molar-refractivity contribution in [1.82, 2.24) is 0 Å². The third-order valence-corrected chi connectivity index (χ3v) is 3.22. The Bertz CT molecular complexity index is 404. The van der Waals surface area contributed by atoms with Gasteiger partial charge in [-0.05, 0) is 49.6 Å². The molecule has 0 amide bonds. The lowest BCUT2D eigenvalue weighted by Crippen LogP contribution is -2.00. The van der Waals surface area contributed by atoms with E-state index in [1.54, 1.807) is 24.3 Å². The molecule has 1 aromatic rings. The molecule has 0 atom stereocenters. The van der Waals surface area contributed by atoms with E-state index in [2.05, 4.69) is 6.92 Å². The molecule has 1 nitrogen and oxygen atoms in total. The van der Waals surface area contributed by atoms with Crippen molar-refractivity contribution in [2.45, 2.75) is 46.0 Å². The lowest BCUT2D eigenvalue weighted by Gasteiger charge is -2.02. The maximum atomic E-state index is 12.1. The van der Waals surface area contributed by atoms with Gasteiger partial charge in [-0.15, -0.1) is 0 Å². The quantitative estimate of drug-likeness (QED) is 0.364. The lowest BCUT2D eigenvalue weighted by molar-refractivity contribution is 0.103. The highest BCUT2D eigenvalue weighted by molar-refractivity contribution is 6.30. The van der Waals surface area contributed by atoms with Crippen molar-refractivity contribution in [2.75, 3.05) is 0 Å². The van der Waals surface area contributed by atoms with Crippen molar-refractivity contribution in [3.05, 3.63) is 46.5 Å². The second kappa shape index (κ2) is 8.10. The van der Waals surface area contributed by atoms with Crippen LogP contribution < -0.4 is 0 Å². The van der Waals surface area contributed by atoms with Gasteiger partial charge in [-0.1, -0.05) is 43.9 Å². The maximum absolute atomic E-state index is 12.1. The second-order valence-corrected chi connectivity index (χ2v) is 5.01. The molecule has 1 rings (SSSR count). The minimum Gasteiger partial charge on any atom is -0.289 e. The van der Waals surface area contributed by atoms with Crippen molar-refractivity contribution in [3.8, 4) is 0 Å². The summed E-state index contributed by atoms with van der Waals surface area (Å²) in [5.41, 5.74) is 1.54. The van der Waals surface area contributed by atoms with Crippen molar-refractivity contribution >= 4 is 17.4 Å². The highest BCUT2D eigenvalue weighted by atomic mass is 35.5. The summed E-state index contributed by atoms with van der Waals surface area (Å²) in [4.78, 5) is 12.1. The van der Waals surface area contributed by atoms with E-state index in [4.69, 9.17) is 11.6 Å². The summed E-state index contributed by atoms with van der Waals surface area (Å²) in [5, 5.41) is 0.660. The van der Waals surface area contributed by atoms with Gasteiger partial charge in [0.1, 0.15) is 0 Å². The fourth-order valence-corrected chi connectivity index (χ4v) is 1.94. The largest absolute Gasteiger partial charge is 0.289 e. The summed E-state index contributed by atoms with van der Waals surface area (Å²) >= 11 is 5.80. The molecule has 0 aromatic heterocycles. The minimum atomic E-state index is 0.0992. The highest BCUT2D eigenvalue weighted by Gasteiger charge is 2.07. The fraction of sp³-hybridized carbons (Fsp3) is 0.438. The molecule has 0 unspecified atom stereocenters. The number of carbonyl (C=O) groups excluding carboxylic acids is 1. The SMILES string of the molecule is CCCCCC/C=C(/C)C(=O)c1ccc(Cl)cc1. The van der Waals surface area contributed by atoms with E-state index in [1.807, 2.05) is 13.0 Å². The van der Waals surface area contributed by atoms with Gasteiger partial charge in [0.15, 0.2) is 5.78 Å². The molecule has 0 spiro atoms. The van der Waals surface area contributed by atoms with Crippen LogP contribution in [0.2, 0.25) is 5.02 Å². The Morgan fingerprint density at radius 2 is 1.83 bits per heavy atom. The number of halogens is 1. The Balaban J connectivity index is 2.50. The van der Waals surface area contributed by atoms with Gasteiger partial charge < -0.3 is 0 Å². The average Bonchev–Trinajstić information content (AvgIpc) is 2.38. The number of unbranched alkanes of at least 4 members (excludes halogenated alkanes) is 4. The molecule has 0 saturated heterocycles. The molecule has 0 heterocycles. The first kappa shape index (κ1) is 15.0. The fourth-order valence-electron chi connectivity index (χ4n) is 1.81. The zero-order chi connectivity index (χ0) is 13.4. The van der Waals surface area contributed by atoms with E-state index in [1.165, 1.54) is 25.7 Å². The molecule has 0 saturated carbocycles. The van der Waals surface area contributed by atoms with Crippen LogP contribution >= 0.6 is 11.6 Å². The van der Waals surface area contributed by atoms with Crippen LogP contribution in [0.3, 0.4) is 0 Å². The van der Waals surface area contributed by atoms with Crippen molar-refractivity contribution in [1.29, 1.82) is 0 Å². The Labute approximate surface area is 115 Å². The van der Waals surface area contributed by atoms with E-state index in [0.29, 0.717) is 10.6 Å². The number of ketones is 1. The smallest absolute Gasteiger partial charge is 0.188 e. The molecule has 0 aliphatic carbocycles. The summed E-state index contributed by atoms with van der Waals surface area (Å²) in [6.07, 6.45) is 7.97. The highest BCUT2D eigenvalue weighted by Crippen LogP contribution is 2.14. The predicted octanol–water partition coefficient (Wildman–Crippen LogP) is 5.44.